The highest BCUT2D eigenvalue weighted by atomic mass is 32.1. The number of nitrogens with one attached hydrogen (secondary N) is 2. The summed E-state index contributed by atoms with van der Waals surface area (Å²) in [6.07, 6.45) is -3.31. The first-order valence-electron chi connectivity index (χ1n) is 11.7. The van der Waals surface area contributed by atoms with Gasteiger partial charge in [0.25, 0.3) is 0 Å². The highest BCUT2D eigenvalue weighted by Gasteiger charge is 2.31. The van der Waals surface area contributed by atoms with Gasteiger partial charge in [-0.2, -0.15) is 0 Å². The van der Waals surface area contributed by atoms with Crippen LogP contribution in [0.1, 0.15) is 36.5 Å². The van der Waals surface area contributed by atoms with Crippen molar-refractivity contribution in [1.29, 1.82) is 0 Å². The molecule has 0 aliphatic carbocycles. The monoisotopic (exact) mass is 557 g/mol. The van der Waals surface area contributed by atoms with Crippen molar-refractivity contribution in [2.75, 3.05) is 0 Å². The second-order valence-electron chi connectivity index (χ2n) is 8.77. The Labute approximate surface area is 226 Å². The van der Waals surface area contributed by atoms with Crippen LogP contribution in [0.25, 0.3) is 17.1 Å². The lowest BCUT2D eigenvalue weighted by atomic mass is 9.97. The zero-order chi connectivity index (χ0) is 28.2. The summed E-state index contributed by atoms with van der Waals surface area (Å²) in [7, 11) is 0. The fourth-order valence-electron chi connectivity index (χ4n) is 3.71. The number of amides is 2. The van der Waals surface area contributed by atoms with E-state index in [2.05, 4.69) is 25.5 Å². The molecule has 0 saturated carbocycles. The van der Waals surface area contributed by atoms with Crippen molar-refractivity contribution < 1.29 is 27.1 Å². The van der Waals surface area contributed by atoms with Gasteiger partial charge in [-0.3, -0.25) is 5.32 Å². The minimum Gasteiger partial charge on any atom is -0.406 e. The number of hydrogen-bond acceptors (Lipinski definition) is 5. The zero-order valence-corrected chi connectivity index (χ0v) is 21.6. The number of alkyl halides is 3. The molecule has 2 amide bonds. The Balaban J connectivity index is 1.33. The molecule has 0 bridgehead atoms. The van der Waals surface area contributed by atoms with E-state index in [0.29, 0.717) is 28.2 Å². The maximum absolute atomic E-state index is 13.6. The predicted octanol–water partition coefficient (Wildman–Crippen LogP) is 6.27. The second-order valence-corrected chi connectivity index (χ2v) is 9.18. The Morgan fingerprint density at radius 3 is 2.38 bits per heavy atom. The maximum Gasteiger partial charge on any atom is 0.573 e. The van der Waals surface area contributed by atoms with Gasteiger partial charge in [0.2, 0.25) is 0 Å². The van der Waals surface area contributed by atoms with Crippen LogP contribution in [0, 0.1) is 5.82 Å². The number of aromatic nitrogens is 3. The summed E-state index contributed by atoms with van der Waals surface area (Å²) in [6, 6.07) is 16.2. The fraction of sp³-hybridized carbons (Fsp3) is 0.185. The topological polar surface area (TPSA) is 81.1 Å². The van der Waals surface area contributed by atoms with Crippen LogP contribution >= 0.6 is 12.2 Å². The smallest absolute Gasteiger partial charge is 0.406 e. The van der Waals surface area contributed by atoms with E-state index in [-0.39, 0.29) is 29.0 Å². The molecule has 4 rings (SSSR count). The molecule has 12 heteroatoms. The summed E-state index contributed by atoms with van der Waals surface area (Å²) >= 11 is 5.35. The summed E-state index contributed by atoms with van der Waals surface area (Å²) in [6.45, 7) is 4.06. The molecule has 1 heterocycles. The molecule has 0 radical (unpaired) electrons. The van der Waals surface area contributed by atoms with E-state index < -0.39 is 12.4 Å². The molecular formula is C27H23F4N5O2S. The lowest BCUT2D eigenvalue weighted by molar-refractivity contribution is -0.274. The van der Waals surface area contributed by atoms with E-state index in [1.54, 1.807) is 30.3 Å². The molecule has 3 aromatic carbocycles. The number of halogens is 4. The molecule has 0 unspecified atom stereocenters. The first kappa shape index (κ1) is 27.7. The van der Waals surface area contributed by atoms with Crippen LogP contribution in [0.15, 0.2) is 73.1 Å². The van der Waals surface area contributed by atoms with Crippen molar-refractivity contribution >= 4 is 23.2 Å². The van der Waals surface area contributed by atoms with E-state index in [0.717, 1.165) is 5.56 Å². The Bertz CT molecular complexity index is 1470. The van der Waals surface area contributed by atoms with Gasteiger partial charge in [0, 0.05) is 17.7 Å². The van der Waals surface area contributed by atoms with Crippen molar-refractivity contribution in [3.05, 3.63) is 95.6 Å². The summed E-state index contributed by atoms with van der Waals surface area (Å²) in [5.74, 6) is -0.263. The second kappa shape index (κ2) is 11.6. The van der Waals surface area contributed by atoms with Gasteiger partial charge in [-0.15, -0.1) is 18.3 Å². The van der Waals surface area contributed by atoms with Gasteiger partial charge in [0.05, 0.1) is 5.69 Å². The fourth-order valence-corrected chi connectivity index (χ4v) is 3.99. The van der Waals surface area contributed by atoms with E-state index in [4.69, 9.17) is 12.2 Å². The van der Waals surface area contributed by atoms with Crippen LogP contribution in [-0.2, 0) is 6.54 Å². The van der Waals surface area contributed by atoms with Gasteiger partial charge >= 0.3 is 12.4 Å². The standard InChI is InChI=1S/C27H23F4N5O2S/c1-16(2)23-13-19(28)7-12-22(23)25(39)34-26(37)32-14-17-3-5-18(6-4-17)24-33-15-36(35-24)20-8-10-21(11-9-20)38-27(29,30)31/h3-13,15-16H,14H2,1-2H3,(H2,32,34,37,39). The van der Waals surface area contributed by atoms with E-state index >= 15 is 0 Å². The lowest BCUT2D eigenvalue weighted by Gasteiger charge is -2.15. The summed E-state index contributed by atoms with van der Waals surface area (Å²) in [4.78, 5) is 16.9. The van der Waals surface area contributed by atoms with Gasteiger partial charge in [0.15, 0.2) is 5.82 Å². The molecule has 2 N–H and O–H groups in total. The minimum absolute atomic E-state index is 0.0244. The van der Waals surface area contributed by atoms with Crippen LogP contribution < -0.4 is 15.4 Å². The highest BCUT2D eigenvalue weighted by molar-refractivity contribution is 7.80. The third kappa shape index (κ3) is 7.38. The van der Waals surface area contributed by atoms with E-state index in [1.807, 2.05) is 13.8 Å². The van der Waals surface area contributed by atoms with Gasteiger partial charge in [-0.1, -0.05) is 50.3 Å². The number of urea groups is 1. The quantitative estimate of drug-likeness (QED) is 0.207. The number of hydrogen-bond donors (Lipinski definition) is 2. The van der Waals surface area contributed by atoms with Crippen molar-refractivity contribution in [3.8, 4) is 22.8 Å². The average Bonchev–Trinajstić information content (AvgIpc) is 3.37. The van der Waals surface area contributed by atoms with Gasteiger partial charge in [-0.05, 0) is 59.5 Å². The molecule has 0 aliphatic rings. The number of carbonyl (C=O) groups is 1. The molecule has 7 nitrogen and oxygen atoms in total. The van der Waals surface area contributed by atoms with Gasteiger partial charge in [0.1, 0.15) is 22.9 Å². The molecule has 4 aromatic rings. The van der Waals surface area contributed by atoms with Crippen molar-refractivity contribution in [3.63, 3.8) is 0 Å². The number of ether oxygens (including phenoxy) is 1. The zero-order valence-electron chi connectivity index (χ0n) is 20.8. The Morgan fingerprint density at radius 2 is 1.74 bits per heavy atom. The molecule has 0 aliphatic heterocycles. The largest absolute Gasteiger partial charge is 0.573 e. The summed E-state index contributed by atoms with van der Waals surface area (Å²) < 4.78 is 56.0. The normalized spacial score (nSPS) is 11.4. The Morgan fingerprint density at radius 1 is 1.05 bits per heavy atom. The predicted molar refractivity (Wildman–Crippen MR) is 141 cm³/mol. The minimum atomic E-state index is -4.76. The molecular weight excluding hydrogens is 534 g/mol. The SMILES string of the molecule is CC(C)c1cc(F)ccc1C(=S)NC(=O)NCc1ccc(-c2ncn(-c3ccc(OC(F)(F)F)cc3)n2)cc1. The number of thiocarbonyl (C=S) groups is 1. The molecule has 0 spiro atoms. The molecule has 1 aromatic heterocycles. The summed E-state index contributed by atoms with van der Waals surface area (Å²) in [5, 5.41) is 9.73. The van der Waals surface area contributed by atoms with Gasteiger partial charge < -0.3 is 10.1 Å². The number of carbonyl (C=O) groups excluding carboxylic acids is 1. The molecule has 0 saturated heterocycles. The molecule has 0 fully saturated rings. The van der Waals surface area contributed by atoms with Crippen molar-refractivity contribution in [2.45, 2.75) is 32.7 Å². The van der Waals surface area contributed by atoms with Crippen molar-refractivity contribution in [1.82, 2.24) is 25.4 Å². The van der Waals surface area contributed by atoms with Crippen molar-refractivity contribution in [2.24, 2.45) is 0 Å². The maximum atomic E-state index is 13.6. The highest BCUT2D eigenvalue weighted by Crippen LogP contribution is 2.24. The van der Waals surface area contributed by atoms with E-state index in [1.165, 1.54) is 47.4 Å². The summed E-state index contributed by atoms with van der Waals surface area (Å²) in [5.41, 5.74) is 3.33. The first-order valence-corrected chi connectivity index (χ1v) is 12.1. The molecule has 39 heavy (non-hydrogen) atoms. The molecule has 202 valence electrons. The third-order valence-corrected chi connectivity index (χ3v) is 5.92. The van der Waals surface area contributed by atoms with Crippen LogP contribution in [0.5, 0.6) is 5.75 Å². The number of rotatable bonds is 7. The number of benzene rings is 3. The van der Waals surface area contributed by atoms with Crippen LogP contribution in [0.4, 0.5) is 22.4 Å². The van der Waals surface area contributed by atoms with Crippen LogP contribution in [0.2, 0.25) is 0 Å². The van der Waals surface area contributed by atoms with Crippen LogP contribution in [-0.4, -0.2) is 32.1 Å². The third-order valence-electron chi connectivity index (χ3n) is 5.60. The lowest BCUT2D eigenvalue weighted by Crippen LogP contribution is -2.39. The Kier molecular flexibility index (Phi) is 8.24. The van der Waals surface area contributed by atoms with Crippen LogP contribution in [0.3, 0.4) is 0 Å². The number of nitrogens with zero attached hydrogens (tertiary/aromatic N) is 3. The average molecular weight is 558 g/mol. The molecule has 0 atom stereocenters. The van der Waals surface area contributed by atoms with E-state index in [9.17, 15) is 22.4 Å². The van der Waals surface area contributed by atoms with Gasteiger partial charge in [-0.25, -0.2) is 18.9 Å². The Hall–Kier alpha value is -4.32. The first-order chi connectivity index (χ1) is 18.5.